The summed E-state index contributed by atoms with van der Waals surface area (Å²) in [4.78, 5) is 15.8. The van der Waals surface area contributed by atoms with Gasteiger partial charge in [0.15, 0.2) is 0 Å². The number of carboxylic acid groups (broad SMARTS) is 1. The van der Waals surface area contributed by atoms with Gasteiger partial charge in [-0.3, -0.25) is 10.2 Å². The van der Waals surface area contributed by atoms with Crippen molar-refractivity contribution in [1.29, 1.82) is 0 Å². The zero-order valence-corrected chi connectivity index (χ0v) is 12.9. The molecule has 0 saturated carbocycles. The predicted octanol–water partition coefficient (Wildman–Crippen LogP) is 0.447. The number of hydrazine groups is 2. The van der Waals surface area contributed by atoms with E-state index in [2.05, 4.69) is 21.0 Å². The predicted molar refractivity (Wildman–Crippen MR) is 83.3 cm³/mol. The topological polar surface area (TPSA) is 116 Å². The van der Waals surface area contributed by atoms with Gasteiger partial charge in [-0.05, 0) is 24.0 Å². The first-order valence-corrected chi connectivity index (χ1v) is 7.15. The van der Waals surface area contributed by atoms with E-state index >= 15 is 0 Å². The lowest BCUT2D eigenvalue weighted by Crippen LogP contribution is -2.44. The number of nitrogens with two attached hydrogens (primary N) is 1. The van der Waals surface area contributed by atoms with Crippen LogP contribution in [0.25, 0.3) is 0 Å². The fourth-order valence-corrected chi connectivity index (χ4v) is 2.64. The summed E-state index contributed by atoms with van der Waals surface area (Å²) in [5.74, 6) is -0.656. The van der Waals surface area contributed by atoms with Crippen LogP contribution in [-0.4, -0.2) is 34.1 Å². The summed E-state index contributed by atoms with van der Waals surface area (Å²) in [6.45, 7) is 3.80. The quantitative estimate of drug-likeness (QED) is 0.603. The molecule has 0 aromatic carbocycles. The third-order valence-corrected chi connectivity index (χ3v) is 3.69. The Bertz CT molecular complexity index is 557. The number of carboxylic acids is 1. The highest BCUT2D eigenvalue weighted by Gasteiger charge is 2.36. The number of pyridine rings is 1. The maximum Gasteiger partial charge on any atom is 0.307 e. The van der Waals surface area contributed by atoms with Gasteiger partial charge in [0.1, 0.15) is 11.7 Å². The molecule has 1 aromatic rings. The molecule has 0 fully saturated rings. The van der Waals surface area contributed by atoms with Crippen molar-refractivity contribution in [2.75, 3.05) is 12.8 Å². The first kappa shape index (κ1) is 16.0. The minimum Gasteiger partial charge on any atom is -0.481 e. The summed E-state index contributed by atoms with van der Waals surface area (Å²) in [6.07, 6.45) is 2.19. The number of carbonyl (C=O) groups is 1. The van der Waals surface area contributed by atoms with Crippen LogP contribution in [0.3, 0.4) is 0 Å². The summed E-state index contributed by atoms with van der Waals surface area (Å²) in [6, 6.07) is 3.58. The van der Waals surface area contributed by atoms with Gasteiger partial charge in [-0.25, -0.2) is 10.5 Å². The first-order chi connectivity index (χ1) is 10.4. The van der Waals surface area contributed by atoms with Gasteiger partial charge in [0.05, 0.1) is 5.92 Å². The van der Waals surface area contributed by atoms with Gasteiger partial charge in [0.25, 0.3) is 0 Å². The van der Waals surface area contributed by atoms with Crippen molar-refractivity contribution >= 4 is 17.6 Å². The first-order valence-electron chi connectivity index (χ1n) is 7.15. The number of anilines is 1. The Hall–Kier alpha value is -2.35. The Kier molecular flexibility index (Phi) is 4.81. The minimum absolute atomic E-state index is 0.0281. The van der Waals surface area contributed by atoms with Crippen LogP contribution >= 0.6 is 0 Å². The number of amidine groups is 1. The van der Waals surface area contributed by atoms with Crippen LogP contribution in [0.15, 0.2) is 23.4 Å². The van der Waals surface area contributed by atoms with E-state index in [1.54, 1.807) is 24.4 Å². The molecular weight excluding hydrogens is 284 g/mol. The second-order valence-corrected chi connectivity index (χ2v) is 5.78. The third-order valence-electron chi connectivity index (χ3n) is 3.69. The molecule has 0 radical (unpaired) electrons. The number of hydrogen-bond donors (Lipinski definition) is 4. The van der Waals surface area contributed by atoms with Crippen molar-refractivity contribution in [3.63, 3.8) is 0 Å². The van der Waals surface area contributed by atoms with Gasteiger partial charge in [0.2, 0.25) is 0 Å². The smallest absolute Gasteiger partial charge is 0.307 e. The van der Waals surface area contributed by atoms with E-state index in [1.165, 1.54) is 0 Å². The fourth-order valence-electron chi connectivity index (χ4n) is 2.64. The van der Waals surface area contributed by atoms with Crippen LogP contribution in [0.4, 0.5) is 5.82 Å². The number of nitrogens with zero attached hydrogens (tertiary/aromatic N) is 3. The second-order valence-electron chi connectivity index (χ2n) is 5.78. The van der Waals surface area contributed by atoms with E-state index in [0.717, 1.165) is 5.56 Å². The Balaban J connectivity index is 2.28. The molecule has 0 saturated heterocycles. The molecule has 0 aliphatic carbocycles. The van der Waals surface area contributed by atoms with E-state index in [9.17, 15) is 9.90 Å². The summed E-state index contributed by atoms with van der Waals surface area (Å²) in [5, 5.41) is 15.4. The number of nitrogens with one attached hydrogen (secondary N) is 2. The van der Waals surface area contributed by atoms with Crippen LogP contribution in [0.1, 0.15) is 19.4 Å². The lowest BCUT2D eigenvalue weighted by atomic mass is 9.79. The zero-order chi connectivity index (χ0) is 16.3. The molecular formula is C14H22N6O2. The number of hydrazone groups is 1. The molecule has 1 aliphatic rings. The van der Waals surface area contributed by atoms with Gasteiger partial charge in [-0.15, -0.1) is 10.2 Å². The van der Waals surface area contributed by atoms with E-state index in [0.29, 0.717) is 18.1 Å². The molecule has 2 rings (SSSR count). The lowest BCUT2D eigenvalue weighted by molar-refractivity contribution is -0.144. The molecule has 0 spiro atoms. The summed E-state index contributed by atoms with van der Waals surface area (Å²) in [7, 11) is 1.77. The van der Waals surface area contributed by atoms with Crippen molar-refractivity contribution in [2.24, 2.45) is 22.9 Å². The highest BCUT2D eigenvalue weighted by molar-refractivity contribution is 5.89. The maximum atomic E-state index is 11.7. The lowest BCUT2D eigenvalue weighted by Gasteiger charge is -2.27. The molecule has 2 heterocycles. The third kappa shape index (κ3) is 3.64. The number of hydrogen-bond acceptors (Lipinski definition) is 7. The molecule has 8 heteroatoms. The molecule has 0 amide bonds. The number of nitrogen functional groups attached to an aromatic ring is 1. The van der Waals surface area contributed by atoms with E-state index in [-0.39, 0.29) is 11.8 Å². The average Bonchev–Trinajstić information content (AvgIpc) is 2.86. The number of aromatic nitrogens is 1. The van der Waals surface area contributed by atoms with Gasteiger partial charge >= 0.3 is 5.97 Å². The molecule has 22 heavy (non-hydrogen) atoms. The SMILES string of the molecule is CC(C)[C@H](C(=O)O)[C@H](Cc1ccc(N)nc1)C1=NNN(C)N1. The van der Waals surface area contributed by atoms with E-state index in [4.69, 9.17) is 5.73 Å². The highest BCUT2D eigenvalue weighted by Crippen LogP contribution is 2.26. The van der Waals surface area contributed by atoms with Gasteiger partial charge in [-0.2, -0.15) is 0 Å². The van der Waals surface area contributed by atoms with E-state index in [1.807, 2.05) is 19.9 Å². The van der Waals surface area contributed by atoms with E-state index < -0.39 is 11.9 Å². The highest BCUT2D eigenvalue weighted by atomic mass is 16.4. The Morgan fingerprint density at radius 1 is 1.45 bits per heavy atom. The minimum atomic E-state index is -0.831. The van der Waals surface area contributed by atoms with Crippen molar-refractivity contribution in [1.82, 2.24) is 21.1 Å². The molecule has 120 valence electrons. The van der Waals surface area contributed by atoms with Crippen molar-refractivity contribution < 1.29 is 9.90 Å². The second kappa shape index (κ2) is 6.61. The Morgan fingerprint density at radius 3 is 2.64 bits per heavy atom. The number of aliphatic carboxylic acids is 1. The standard InChI is InChI=1S/C14H22N6O2/c1-8(2)12(14(21)22)10(13-17-19-20(3)18-13)6-9-4-5-11(15)16-7-9/h4-5,7-8,10,12,19H,6H2,1-3H3,(H2,15,16)(H,17,18)(H,21,22)/t10-,12-/m0/s1. The van der Waals surface area contributed by atoms with Crippen molar-refractivity contribution in [2.45, 2.75) is 20.3 Å². The maximum absolute atomic E-state index is 11.7. The number of rotatable bonds is 6. The van der Waals surface area contributed by atoms with Crippen LogP contribution in [0.5, 0.6) is 0 Å². The molecule has 0 bridgehead atoms. The van der Waals surface area contributed by atoms with Crippen molar-refractivity contribution in [3.05, 3.63) is 23.9 Å². The molecule has 5 N–H and O–H groups in total. The van der Waals surface area contributed by atoms with Gasteiger partial charge in [0, 0.05) is 19.2 Å². The van der Waals surface area contributed by atoms with Gasteiger partial charge in [-0.1, -0.05) is 19.9 Å². The molecule has 2 atom stereocenters. The van der Waals surface area contributed by atoms with Crippen LogP contribution in [-0.2, 0) is 11.2 Å². The van der Waals surface area contributed by atoms with Crippen LogP contribution in [0.2, 0.25) is 0 Å². The summed E-state index contributed by atoms with van der Waals surface area (Å²) >= 11 is 0. The normalized spacial score (nSPS) is 17.5. The van der Waals surface area contributed by atoms with Crippen LogP contribution in [0, 0.1) is 17.8 Å². The van der Waals surface area contributed by atoms with Gasteiger partial charge < -0.3 is 10.8 Å². The molecule has 0 unspecified atom stereocenters. The molecule has 8 nitrogen and oxygen atoms in total. The zero-order valence-electron chi connectivity index (χ0n) is 12.9. The Labute approximate surface area is 129 Å². The monoisotopic (exact) mass is 306 g/mol. The molecule has 1 aliphatic heterocycles. The van der Waals surface area contributed by atoms with Crippen LogP contribution < -0.4 is 16.7 Å². The summed E-state index contributed by atoms with van der Waals surface area (Å²) in [5.41, 5.74) is 12.3. The summed E-state index contributed by atoms with van der Waals surface area (Å²) < 4.78 is 0. The Morgan fingerprint density at radius 2 is 2.18 bits per heavy atom. The largest absolute Gasteiger partial charge is 0.481 e. The molecule has 1 aromatic heterocycles. The average molecular weight is 306 g/mol. The fraction of sp³-hybridized carbons (Fsp3) is 0.500. The van der Waals surface area contributed by atoms with Crippen molar-refractivity contribution in [3.8, 4) is 0 Å².